The maximum absolute atomic E-state index is 12.9. The fourth-order valence-electron chi connectivity index (χ4n) is 2.70. The van der Waals surface area contributed by atoms with Crippen molar-refractivity contribution in [3.8, 4) is 0 Å². The third-order valence-corrected chi connectivity index (χ3v) is 5.79. The van der Waals surface area contributed by atoms with E-state index >= 15 is 0 Å². The van der Waals surface area contributed by atoms with Crippen molar-refractivity contribution in [2.45, 2.75) is 32.2 Å². The first-order chi connectivity index (χ1) is 12.9. The quantitative estimate of drug-likeness (QED) is 0.722. The average Bonchev–Trinajstić information content (AvgIpc) is 2.67. The van der Waals surface area contributed by atoms with Gasteiger partial charge in [0.05, 0.1) is 5.75 Å². The Kier molecular flexibility index (Phi) is 8.20. The van der Waals surface area contributed by atoms with E-state index in [-0.39, 0.29) is 11.8 Å². The van der Waals surface area contributed by atoms with Crippen molar-refractivity contribution in [2.75, 3.05) is 12.8 Å². The zero-order valence-corrected chi connectivity index (χ0v) is 17.4. The second kappa shape index (κ2) is 10.4. The van der Waals surface area contributed by atoms with Crippen LogP contribution in [0.5, 0.6) is 0 Å². The fraction of sp³-hybridized carbons (Fsp3) is 0.333. The highest BCUT2D eigenvalue weighted by molar-refractivity contribution is 7.99. The molecule has 2 aromatic rings. The normalized spacial score (nSPS) is 11.7. The van der Waals surface area contributed by atoms with E-state index in [4.69, 9.17) is 11.6 Å². The Hall–Kier alpha value is -1.98. The highest BCUT2D eigenvalue weighted by atomic mass is 35.5. The van der Waals surface area contributed by atoms with E-state index in [1.165, 1.54) is 11.1 Å². The number of amides is 2. The molecule has 0 aliphatic rings. The smallest absolute Gasteiger partial charge is 0.242 e. The van der Waals surface area contributed by atoms with Crippen LogP contribution in [0.25, 0.3) is 0 Å². The van der Waals surface area contributed by atoms with Crippen molar-refractivity contribution in [1.82, 2.24) is 10.2 Å². The summed E-state index contributed by atoms with van der Waals surface area (Å²) < 4.78 is 0. The number of hydrogen-bond donors (Lipinski definition) is 1. The van der Waals surface area contributed by atoms with Gasteiger partial charge in [0.15, 0.2) is 0 Å². The summed E-state index contributed by atoms with van der Waals surface area (Å²) in [6, 6.07) is 15.0. The molecule has 0 aliphatic carbocycles. The molecule has 0 saturated heterocycles. The first-order valence-corrected chi connectivity index (χ1v) is 10.3. The van der Waals surface area contributed by atoms with E-state index in [1.807, 2.05) is 30.3 Å². The molecule has 4 nitrogen and oxygen atoms in total. The lowest BCUT2D eigenvalue weighted by Gasteiger charge is -2.28. The van der Waals surface area contributed by atoms with E-state index in [2.05, 4.69) is 24.4 Å². The molecule has 2 amide bonds. The summed E-state index contributed by atoms with van der Waals surface area (Å²) in [6.07, 6.45) is 0. The molecular weight excluding hydrogens is 380 g/mol. The Morgan fingerprint density at radius 2 is 1.74 bits per heavy atom. The number of hydrogen-bond acceptors (Lipinski definition) is 3. The van der Waals surface area contributed by atoms with Crippen LogP contribution in [0, 0.1) is 6.92 Å². The minimum atomic E-state index is -0.571. The molecule has 2 aromatic carbocycles. The highest BCUT2D eigenvalue weighted by Crippen LogP contribution is 2.21. The van der Waals surface area contributed by atoms with Crippen molar-refractivity contribution < 1.29 is 9.59 Å². The van der Waals surface area contributed by atoms with Crippen LogP contribution >= 0.6 is 23.4 Å². The standard InChI is InChI=1S/C21H25ClN2O2S/c1-15-8-4-5-10-18(15)13-27-14-20(25)24(16(2)21(26)23-3)12-17-9-6-7-11-19(17)22/h4-11,16H,12-14H2,1-3H3,(H,23,26)/t16-/m1/s1. The number of aryl methyl sites for hydroxylation is 1. The first kappa shape index (κ1) is 21.3. The van der Waals surface area contributed by atoms with Gasteiger partial charge in [-0.15, -0.1) is 11.8 Å². The highest BCUT2D eigenvalue weighted by Gasteiger charge is 2.25. The van der Waals surface area contributed by atoms with Crippen molar-refractivity contribution >= 4 is 35.2 Å². The second-order valence-corrected chi connectivity index (χ2v) is 7.72. The van der Waals surface area contributed by atoms with Gasteiger partial charge in [-0.25, -0.2) is 0 Å². The number of halogens is 1. The SMILES string of the molecule is CNC(=O)[C@@H](C)N(Cc1ccccc1Cl)C(=O)CSCc1ccccc1C. The Bertz CT molecular complexity index is 797. The van der Waals surface area contributed by atoms with E-state index in [1.54, 1.807) is 36.7 Å². The molecule has 0 aromatic heterocycles. The van der Waals surface area contributed by atoms with Gasteiger partial charge in [-0.2, -0.15) is 0 Å². The van der Waals surface area contributed by atoms with E-state index in [0.717, 1.165) is 11.3 Å². The van der Waals surface area contributed by atoms with E-state index < -0.39 is 6.04 Å². The molecule has 0 spiro atoms. The third kappa shape index (κ3) is 6.01. The molecule has 0 unspecified atom stereocenters. The molecule has 0 saturated carbocycles. The van der Waals surface area contributed by atoms with Crippen LogP contribution in [-0.2, 0) is 21.9 Å². The summed E-state index contributed by atoms with van der Waals surface area (Å²) in [6.45, 7) is 4.10. The zero-order chi connectivity index (χ0) is 19.8. The Morgan fingerprint density at radius 3 is 2.37 bits per heavy atom. The van der Waals surface area contributed by atoms with Crippen LogP contribution in [0.15, 0.2) is 48.5 Å². The predicted octanol–water partition coefficient (Wildman–Crippen LogP) is 4.04. The van der Waals surface area contributed by atoms with Crippen molar-refractivity contribution in [2.24, 2.45) is 0 Å². The van der Waals surface area contributed by atoms with E-state index in [9.17, 15) is 9.59 Å². The van der Waals surface area contributed by atoms with Gasteiger partial charge in [0.25, 0.3) is 0 Å². The van der Waals surface area contributed by atoms with Gasteiger partial charge in [-0.3, -0.25) is 9.59 Å². The maximum atomic E-state index is 12.9. The predicted molar refractivity (Wildman–Crippen MR) is 113 cm³/mol. The minimum absolute atomic E-state index is 0.0791. The fourth-order valence-corrected chi connectivity index (χ4v) is 3.89. The lowest BCUT2D eigenvalue weighted by Crippen LogP contribution is -2.47. The topological polar surface area (TPSA) is 49.4 Å². The van der Waals surface area contributed by atoms with Gasteiger partial charge in [0, 0.05) is 24.4 Å². The van der Waals surface area contributed by atoms with Crippen molar-refractivity contribution in [1.29, 1.82) is 0 Å². The number of nitrogens with one attached hydrogen (secondary N) is 1. The van der Waals surface area contributed by atoms with Crippen LogP contribution < -0.4 is 5.32 Å². The first-order valence-electron chi connectivity index (χ1n) is 8.80. The number of nitrogens with zero attached hydrogens (tertiary/aromatic N) is 1. The average molecular weight is 405 g/mol. The second-order valence-electron chi connectivity index (χ2n) is 6.32. The molecule has 27 heavy (non-hydrogen) atoms. The molecule has 2 rings (SSSR count). The number of likely N-dealkylation sites (N-methyl/N-ethyl adjacent to an activating group) is 1. The van der Waals surface area contributed by atoms with Crippen LogP contribution in [0.4, 0.5) is 0 Å². The molecule has 6 heteroatoms. The Labute approximate surface area is 170 Å². The van der Waals surface area contributed by atoms with Gasteiger partial charge in [0.2, 0.25) is 11.8 Å². The Morgan fingerprint density at radius 1 is 1.11 bits per heavy atom. The summed E-state index contributed by atoms with van der Waals surface area (Å²) in [5.74, 6) is 0.788. The molecule has 0 bridgehead atoms. The zero-order valence-electron chi connectivity index (χ0n) is 15.9. The van der Waals surface area contributed by atoms with Gasteiger partial charge >= 0.3 is 0 Å². The number of benzene rings is 2. The van der Waals surface area contributed by atoms with Crippen molar-refractivity contribution in [3.05, 3.63) is 70.2 Å². The summed E-state index contributed by atoms with van der Waals surface area (Å²) in [5, 5.41) is 3.21. The summed E-state index contributed by atoms with van der Waals surface area (Å²) in [7, 11) is 1.57. The molecule has 0 fully saturated rings. The summed E-state index contributed by atoms with van der Waals surface area (Å²) >= 11 is 7.80. The van der Waals surface area contributed by atoms with Gasteiger partial charge in [0.1, 0.15) is 6.04 Å². The summed E-state index contributed by atoms with van der Waals surface area (Å²) in [4.78, 5) is 26.6. The molecule has 144 valence electrons. The number of rotatable bonds is 8. The van der Waals surface area contributed by atoms with Gasteiger partial charge < -0.3 is 10.2 Å². The number of carbonyl (C=O) groups excluding carboxylic acids is 2. The van der Waals surface area contributed by atoms with Crippen LogP contribution in [0.2, 0.25) is 5.02 Å². The van der Waals surface area contributed by atoms with Gasteiger partial charge in [-0.05, 0) is 36.6 Å². The molecule has 0 radical (unpaired) electrons. The van der Waals surface area contributed by atoms with Crippen LogP contribution in [0.3, 0.4) is 0 Å². The minimum Gasteiger partial charge on any atom is -0.357 e. The molecule has 0 heterocycles. The lowest BCUT2D eigenvalue weighted by atomic mass is 10.1. The number of carbonyl (C=O) groups is 2. The van der Waals surface area contributed by atoms with Crippen LogP contribution in [0.1, 0.15) is 23.6 Å². The molecule has 1 N–H and O–H groups in total. The maximum Gasteiger partial charge on any atom is 0.242 e. The lowest BCUT2D eigenvalue weighted by molar-refractivity contribution is -0.138. The van der Waals surface area contributed by atoms with Gasteiger partial charge in [-0.1, -0.05) is 54.1 Å². The number of thioether (sulfide) groups is 1. The third-order valence-electron chi connectivity index (χ3n) is 4.46. The van der Waals surface area contributed by atoms with E-state index in [0.29, 0.717) is 17.3 Å². The summed E-state index contributed by atoms with van der Waals surface area (Å²) in [5.41, 5.74) is 3.25. The van der Waals surface area contributed by atoms with Crippen LogP contribution in [-0.4, -0.2) is 35.6 Å². The monoisotopic (exact) mass is 404 g/mol. The molecular formula is C21H25ClN2O2S. The molecule has 0 aliphatic heterocycles. The largest absolute Gasteiger partial charge is 0.357 e. The van der Waals surface area contributed by atoms with Crippen molar-refractivity contribution in [3.63, 3.8) is 0 Å². The molecule has 1 atom stereocenters. The Balaban J connectivity index is 2.07.